The normalized spacial score (nSPS) is 15.5. The summed E-state index contributed by atoms with van der Waals surface area (Å²) in [4.78, 5) is 0.251. The molecular weight excluding hydrogens is 288 g/mol. The molecule has 7 heteroatoms. The minimum Gasteiger partial charge on any atom is -0.314 e. The number of hydrogen-bond donors (Lipinski definition) is 1. The third kappa shape index (κ3) is 4.39. The molecular formula is C14H24N4O2S. The van der Waals surface area contributed by atoms with Gasteiger partial charge in [-0.15, -0.1) is 6.58 Å². The largest absolute Gasteiger partial charge is 0.314 e. The van der Waals surface area contributed by atoms with E-state index in [9.17, 15) is 8.42 Å². The number of nitrogens with one attached hydrogen (secondary N) is 1. The first kappa shape index (κ1) is 16.2. The van der Waals surface area contributed by atoms with Crippen LogP contribution in [0.25, 0.3) is 0 Å². The summed E-state index contributed by atoms with van der Waals surface area (Å²) in [6.07, 6.45) is 8.13. The van der Waals surface area contributed by atoms with E-state index < -0.39 is 10.0 Å². The van der Waals surface area contributed by atoms with Crippen LogP contribution in [0.1, 0.15) is 26.2 Å². The number of aryl methyl sites for hydroxylation is 1. The number of sulfonamides is 1. The summed E-state index contributed by atoms with van der Waals surface area (Å²) >= 11 is 0. The maximum Gasteiger partial charge on any atom is 0.246 e. The quantitative estimate of drug-likeness (QED) is 0.521. The van der Waals surface area contributed by atoms with Gasteiger partial charge in [0.25, 0.3) is 0 Å². The molecule has 1 aliphatic rings. The molecule has 0 amide bonds. The van der Waals surface area contributed by atoms with Gasteiger partial charge in [-0.05, 0) is 25.8 Å². The molecule has 0 saturated heterocycles. The molecule has 0 spiro atoms. The predicted octanol–water partition coefficient (Wildman–Crippen LogP) is 1.22. The summed E-state index contributed by atoms with van der Waals surface area (Å²) in [7, 11) is -3.46. The Balaban J connectivity index is 1.91. The van der Waals surface area contributed by atoms with Crippen molar-refractivity contribution < 1.29 is 8.42 Å². The van der Waals surface area contributed by atoms with Crippen molar-refractivity contribution in [3.63, 3.8) is 0 Å². The molecule has 2 rings (SSSR count). The van der Waals surface area contributed by atoms with Crippen molar-refractivity contribution >= 4 is 10.0 Å². The summed E-state index contributed by atoms with van der Waals surface area (Å²) in [5.74, 6) is 0. The highest BCUT2D eigenvalue weighted by molar-refractivity contribution is 7.89. The molecule has 1 aromatic rings. The smallest absolute Gasteiger partial charge is 0.246 e. The van der Waals surface area contributed by atoms with Crippen LogP contribution in [0.3, 0.4) is 0 Å². The fraction of sp³-hybridized carbons (Fsp3) is 0.643. The monoisotopic (exact) mass is 312 g/mol. The Hall–Kier alpha value is -1.18. The van der Waals surface area contributed by atoms with Gasteiger partial charge in [0.05, 0.1) is 6.20 Å². The molecule has 1 aliphatic carbocycles. The van der Waals surface area contributed by atoms with Crippen molar-refractivity contribution in [2.75, 3.05) is 19.6 Å². The zero-order valence-electron chi connectivity index (χ0n) is 12.5. The van der Waals surface area contributed by atoms with E-state index in [1.54, 1.807) is 17.0 Å². The SMILES string of the molecule is C=CCN(CC)S(=O)(=O)c1cnn(CCCNC2CC2)c1. The standard InChI is InChI=1S/C14H24N4O2S/c1-3-9-18(4-2)21(19,20)14-11-16-17(12-14)10-5-8-15-13-6-7-13/h3,11-13,15H,1,4-10H2,2H3. The predicted molar refractivity (Wildman–Crippen MR) is 82.5 cm³/mol. The number of rotatable bonds is 10. The molecule has 118 valence electrons. The molecule has 1 saturated carbocycles. The molecule has 21 heavy (non-hydrogen) atoms. The van der Waals surface area contributed by atoms with Gasteiger partial charge in [-0.2, -0.15) is 9.40 Å². The molecule has 6 nitrogen and oxygen atoms in total. The average molecular weight is 312 g/mol. The zero-order valence-corrected chi connectivity index (χ0v) is 13.3. The van der Waals surface area contributed by atoms with E-state index >= 15 is 0 Å². The van der Waals surface area contributed by atoms with Gasteiger partial charge >= 0.3 is 0 Å². The zero-order chi connectivity index (χ0) is 15.3. The van der Waals surface area contributed by atoms with Gasteiger partial charge in [-0.25, -0.2) is 8.42 Å². The minimum atomic E-state index is -3.46. The van der Waals surface area contributed by atoms with Crippen LogP contribution in [0.5, 0.6) is 0 Å². The van der Waals surface area contributed by atoms with Crippen molar-refractivity contribution in [1.29, 1.82) is 0 Å². The molecule has 1 heterocycles. The Morgan fingerprint density at radius 3 is 2.95 bits per heavy atom. The van der Waals surface area contributed by atoms with Crippen LogP contribution < -0.4 is 5.32 Å². The lowest BCUT2D eigenvalue weighted by atomic mass is 10.4. The lowest BCUT2D eigenvalue weighted by Crippen LogP contribution is -2.30. The molecule has 0 bridgehead atoms. The summed E-state index contributed by atoms with van der Waals surface area (Å²) in [6, 6.07) is 0.704. The van der Waals surface area contributed by atoms with Crippen molar-refractivity contribution in [3.05, 3.63) is 25.0 Å². The van der Waals surface area contributed by atoms with Crippen LogP contribution in [0, 0.1) is 0 Å². The van der Waals surface area contributed by atoms with E-state index in [1.165, 1.54) is 23.3 Å². The second-order valence-corrected chi connectivity index (χ2v) is 7.20. The molecule has 1 N–H and O–H groups in total. The molecule has 0 radical (unpaired) electrons. The van der Waals surface area contributed by atoms with Gasteiger partial charge in [0, 0.05) is 31.9 Å². The Labute approximate surface area is 126 Å². The van der Waals surface area contributed by atoms with Gasteiger partial charge in [0.1, 0.15) is 4.90 Å². The highest BCUT2D eigenvalue weighted by Crippen LogP contribution is 2.18. The first-order valence-electron chi connectivity index (χ1n) is 7.44. The van der Waals surface area contributed by atoms with E-state index in [0.717, 1.165) is 19.5 Å². The van der Waals surface area contributed by atoms with Gasteiger partial charge in [-0.3, -0.25) is 4.68 Å². The summed E-state index contributed by atoms with van der Waals surface area (Å²) < 4.78 is 27.9. The van der Waals surface area contributed by atoms with Gasteiger partial charge < -0.3 is 5.32 Å². The van der Waals surface area contributed by atoms with E-state index in [4.69, 9.17) is 0 Å². The minimum absolute atomic E-state index is 0.251. The molecule has 1 aromatic heterocycles. The van der Waals surface area contributed by atoms with Crippen LogP contribution in [-0.4, -0.2) is 48.2 Å². The summed E-state index contributed by atoms with van der Waals surface area (Å²) in [5.41, 5.74) is 0. The van der Waals surface area contributed by atoms with E-state index in [1.807, 2.05) is 6.92 Å². The van der Waals surface area contributed by atoms with Crippen LogP contribution in [0.15, 0.2) is 29.9 Å². The maximum absolute atomic E-state index is 12.4. The molecule has 0 aromatic carbocycles. The van der Waals surface area contributed by atoms with Gasteiger partial charge in [-0.1, -0.05) is 13.0 Å². The van der Waals surface area contributed by atoms with Crippen LogP contribution >= 0.6 is 0 Å². The third-order valence-electron chi connectivity index (χ3n) is 3.51. The number of aromatic nitrogens is 2. The highest BCUT2D eigenvalue weighted by atomic mass is 32.2. The Bertz CT molecular complexity index is 563. The van der Waals surface area contributed by atoms with Crippen molar-refractivity contribution in [2.24, 2.45) is 0 Å². The van der Waals surface area contributed by atoms with Gasteiger partial charge in [0.15, 0.2) is 0 Å². The average Bonchev–Trinajstić information content (AvgIpc) is 3.16. The number of hydrogen-bond acceptors (Lipinski definition) is 4. The fourth-order valence-corrected chi connectivity index (χ4v) is 3.50. The second-order valence-electron chi connectivity index (χ2n) is 5.27. The third-order valence-corrected chi connectivity index (χ3v) is 5.40. The van der Waals surface area contributed by atoms with Crippen molar-refractivity contribution in [2.45, 2.75) is 43.7 Å². The lowest BCUT2D eigenvalue weighted by molar-refractivity contribution is 0.459. The topological polar surface area (TPSA) is 67.2 Å². The second kappa shape index (κ2) is 7.20. The van der Waals surface area contributed by atoms with Crippen molar-refractivity contribution in [1.82, 2.24) is 19.4 Å². The molecule has 0 atom stereocenters. The Kier molecular flexibility index (Phi) is 5.55. The van der Waals surface area contributed by atoms with Crippen molar-refractivity contribution in [3.8, 4) is 0 Å². The Morgan fingerprint density at radius 1 is 1.57 bits per heavy atom. The number of likely N-dealkylation sites (N-methyl/N-ethyl adjacent to an activating group) is 1. The summed E-state index contributed by atoms with van der Waals surface area (Å²) in [6.45, 7) is 7.82. The van der Waals surface area contributed by atoms with Crippen LogP contribution in [0.4, 0.5) is 0 Å². The highest BCUT2D eigenvalue weighted by Gasteiger charge is 2.23. The molecule has 0 aliphatic heterocycles. The number of nitrogens with zero attached hydrogens (tertiary/aromatic N) is 3. The first-order valence-corrected chi connectivity index (χ1v) is 8.88. The summed E-state index contributed by atoms with van der Waals surface area (Å²) in [5, 5.41) is 7.58. The van der Waals surface area contributed by atoms with E-state index in [2.05, 4.69) is 17.0 Å². The molecule has 0 unspecified atom stereocenters. The van der Waals surface area contributed by atoms with E-state index in [-0.39, 0.29) is 4.90 Å². The first-order chi connectivity index (χ1) is 10.1. The fourth-order valence-electron chi connectivity index (χ4n) is 2.13. The van der Waals surface area contributed by atoms with E-state index in [0.29, 0.717) is 19.1 Å². The van der Waals surface area contributed by atoms with Gasteiger partial charge in [0.2, 0.25) is 10.0 Å². The maximum atomic E-state index is 12.4. The Morgan fingerprint density at radius 2 is 2.33 bits per heavy atom. The molecule has 1 fully saturated rings. The lowest BCUT2D eigenvalue weighted by Gasteiger charge is -2.17. The van der Waals surface area contributed by atoms with Crippen LogP contribution in [0.2, 0.25) is 0 Å². The van der Waals surface area contributed by atoms with Crippen LogP contribution in [-0.2, 0) is 16.6 Å².